The van der Waals surface area contributed by atoms with Gasteiger partial charge in [-0.3, -0.25) is 0 Å². The maximum Gasteiger partial charge on any atom is 0.179 e. The Bertz CT molecular complexity index is 449. The molecular formula is C9H6ClFN2OS. The zero-order chi connectivity index (χ0) is 10.7. The van der Waals surface area contributed by atoms with Crippen LogP contribution in [0.25, 0.3) is 0 Å². The minimum absolute atomic E-state index is 0.0990. The molecule has 15 heavy (non-hydrogen) atoms. The molecule has 0 spiro atoms. The van der Waals surface area contributed by atoms with Crippen molar-refractivity contribution in [1.82, 2.24) is 5.16 Å². The van der Waals surface area contributed by atoms with Crippen LogP contribution < -0.4 is 4.72 Å². The van der Waals surface area contributed by atoms with E-state index >= 15 is 0 Å². The highest BCUT2D eigenvalue weighted by atomic mass is 35.5. The molecular weight excluding hydrogens is 239 g/mol. The van der Waals surface area contributed by atoms with Crippen LogP contribution >= 0.6 is 23.5 Å². The van der Waals surface area contributed by atoms with Gasteiger partial charge >= 0.3 is 0 Å². The number of anilines is 1. The number of nitrogens with zero attached hydrogens (tertiary/aromatic N) is 1. The van der Waals surface area contributed by atoms with E-state index in [1.165, 1.54) is 30.3 Å². The molecule has 0 aliphatic carbocycles. The van der Waals surface area contributed by atoms with Gasteiger partial charge in [-0.2, -0.15) is 0 Å². The van der Waals surface area contributed by atoms with E-state index in [2.05, 4.69) is 14.4 Å². The van der Waals surface area contributed by atoms with Gasteiger partial charge in [0.1, 0.15) is 12.1 Å². The summed E-state index contributed by atoms with van der Waals surface area (Å²) in [5.41, 5.74) is 0. The van der Waals surface area contributed by atoms with Crippen molar-refractivity contribution in [3.8, 4) is 0 Å². The normalized spacial score (nSPS) is 10.3. The lowest BCUT2D eigenvalue weighted by molar-refractivity contribution is 0.423. The van der Waals surface area contributed by atoms with Gasteiger partial charge in [-0.15, -0.1) is 0 Å². The monoisotopic (exact) mass is 244 g/mol. The second kappa shape index (κ2) is 4.55. The minimum atomic E-state index is -0.428. The molecule has 1 N–H and O–H groups in total. The fourth-order valence-corrected chi connectivity index (χ4v) is 1.80. The Morgan fingerprint density at radius 2 is 2.27 bits per heavy atom. The lowest BCUT2D eigenvalue weighted by Crippen LogP contribution is -1.86. The van der Waals surface area contributed by atoms with Gasteiger partial charge in [0, 0.05) is 11.0 Å². The summed E-state index contributed by atoms with van der Waals surface area (Å²) in [6.07, 6.45) is 1.46. The fraction of sp³-hybridized carbons (Fsp3) is 0. The molecule has 1 heterocycles. The molecule has 0 amide bonds. The molecule has 6 heteroatoms. The Morgan fingerprint density at radius 1 is 1.40 bits per heavy atom. The van der Waals surface area contributed by atoms with E-state index in [1.54, 1.807) is 12.1 Å². The number of rotatable bonds is 3. The molecule has 0 fully saturated rings. The number of benzene rings is 1. The van der Waals surface area contributed by atoms with Crippen LogP contribution in [0.15, 0.2) is 39.9 Å². The maximum absolute atomic E-state index is 12.8. The van der Waals surface area contributed by atoms with E-state index in [9.17, 15) is 4.39 Å². The van der Waals surface area contributed by atoms with Gasteiger partial charge in [0.2, 0.25) is 0 Å². The van der Waals surface area contributed by atoms with E-state index in [0.29, 0.717) is 5.82 Å². The molecule has 0 saturated carbocycles. The first-order chi connectivity index (χ1) is 7.25. The molecule has 78 valence electrons. The van der Waals surface area contributed by atoms with Crippen LogP contribution in [0.1, 0.15) is 0 Å². The van der Waals surface area contributed by atoms with Crippen molar-refractivity contribution in [3.05, 3.63) is 41.4 Å². The first kappa shape index (κ1) is 10.3. The highest BCUT2D eigenvalue weighted by Crippen LogP contribution is 2.24. The van der Waals surface area contributed by atoms with Crippen LogP contribution in [0.5, 0.6) is 0 Å². The van der Waals surface area contributed by atoms with E-state index in [4.69, 9.17) is 11.6 Å². The van der Waals surface area contributed by atoms with Gasteiger partial charge in [0.25, 0.3) is 0 Å². The van der Waals surface area contributed by atoms with Crippen LogP contribution in [0.3, 0.4) is 0 Å². The Labute approximate surface area is 94.7 Å². The molecule has 0 radical (unpaired) electrons. The first-order valence-corrected chi connectivity index (χ1v) is 5.23. The second-order valence-electron chi connectivity index (χ2n) is 2.66. The molecule has 0 aliphatic heterocycles. The van der Waals surface area contributed by atoms with Crippen molar-refractivity contribution in [2.24, 2.45) is 0 Å². The average molecular weight is 245 g/mol. The van der Waals surface area contributed by atoms with Crippen LogP contribution in [-0.2, 0) is 0 Å². The van der Waals surface area contributed by atoms with Crippen LogP contribution in [-0.4, -0.2) is 5.16 Å². The standard InChI is InChI=1S/C9H6ClFN2OS/c10-7-5-6(1-2-8(7)11)15-13-9-3-4-14-12-9/h1-5H,(H,12,13). The summed E-state index contributed by atoms with van der Waals surface area (Å²) in [6.45, 7) is 0. The largest absolute Gasteiger partial charge is 0.363 e. The van der Waals surface area contributed by atoms with Gasteiger partial charge in [-0.25, -0.2) is 4.39 Å². The summed E-state index contributed by atoms with van der Waals surface area (Å²) < 4.78 is 20.4. The molecule has 2 rings (SSSR count). The first-order valence-electron chi connectivity index (χ1n) is 4.04. The van der Waals surface area contributed by atoms with Crippen LogP contribution in [0, 0.1) is 5.82 Å². The molecule has 0 saturated heterocycles. The third-order valence-electron chi connectivity index (χ3n) is 1.60. The number of aromatic nitrogens is 1. The van der Waals surface area contributed by atoms with Gasteiger partial charge in [0.15, 0.2) is 5.82 Å². The van der Waals surface area contributed by atoms with E-state index in [0.717, 1.165) is 4.90 Å². The van der Waals surface area contributed by atoms with Crippen LogP contribution in [0.2, 0.25) is 5.02 Å². The third kappa shape index (κ3) is 2.64. The Balaban J connectivity index is 2.02. The lowest BCUT2D eigenvalue weighted by Gasteiger charge is -2.01. The minimum Gasteiger partial charge on any atom is -0.363 e. The van der Waals surface area contributed by atoms with Crippen molar-refractivity contribution < 1.29 is 8.91 Å². The van der Waals surface area contributed by atoms with Crippen LogP contribution in [0.4, 0.5) is 10.2 Å². The van der Waals surface area contributed by atoms with Crippen molar-refractivity contribution >= 4 is 29.4 Å². The molecule has 2 aromatic rings. The number of hydrogen-bond acceptors (Lipinski definition) is 4. The van der Waals surface area contributed by atoms with E-state index in [1.807, 2.05) is 0 Å². The highest BCUT2D eigenvalue weighted by Gasteiger charge is 2.02. The van der Waals surface area contributed by atoms with E-state index < -0.39 is 5.82 Å². The molecule has 0 bridgehead atoms. The second-order valence-corrected chi connectivity index (χ2v) is 3.95. The van der Waals surface area contributed by atoms with E-state index in [-0.39, 0.29) is 5.02 Å². The quantitative estimate of drug-likeness (QED) is 0.838. The van der Waals surface area contributed by atoms with Crippen molar-refractivity contribution in [1.29, 1.82) is 0 Å². The molecule has 3 nitrogen and oxygen atoms in total. The molecule has 0 atom stereocenters. The fourth-order valence-electron chi connectivity index (χ4n) is 0.917. The zero-order valence-electron chi connectivity index (χ0n) is 7.41. The number of halogens is 2. The number of nitrogens with one attached hydrogen (secondary N) is 1. The molecule has 1 aromatic heterocycles. The Hall–Kier alpha value is -1.20. The summed E-state index contributed by atoms with van der Waals surface area (Å²) in [4.78, 5) is 0.796. The van der Waals surface area contributed by atoms with Gasteiger partial charge < -0.3 is 9.25 Å². The molecule has 1 aromatic carbocycles. The zero-order valence-corrected chi connectivity index (χ0v) is 8.98. The molecule has 0 unspecified atom stereocenters. The summed E-state index contributed by atoms with van der Waals surface area (Å²) in [7, 11) is 0. The number of hydrogen-bond donors (Lipinski definition) is 1. The summed E-state index contributed by atoms with van der Waals surface area (Å²) in [6, 6.07) is 6.15. The Morgan fingerprint density at radius 3 is 2.93 bits per heavy atom. The van der Waals surface area contributed by atoms with Crippen molar-refractivity contribution in [2.75, 3.05) is 4.72 Å². The van der Waals surface area contributed by atoms with Gasteiger partial charge in [-0.05, 0) is 30.1 Å². The summed E-state index contributed by atoms with van der Waals surface area (Å²) in [5, 5.41) is 3.76. The average Bonchev–Trinajstić information content (AvgIpc) is 2.73. The van der Waals surface area contributed by atoms with Crippen molar-refractivity contribution in [3.63, 3.8) is 0 Å². The lowest BCUT2D eigenvalue weighted by atomic mass is 10.3. The molecule has 0 aliphatic rings. The summed E-state index contributed by atoms with van der Waals surface area (Å²) in [5.74, 6) is 0.169. The third-order valence-corrected chi connectivity index (χ3v) is 2.69. The predicted octanol–water partition coefficient (Wildman–Crippen LogP) is 3.59. The SMILES string of the molecule is Fc1ccc(SNc2ccon2)cc1Cl. The smallest absolute Gasteiger partial charge is 0.179 e. The van der Waals surface area contributed by atoms with Gasteiger partial charge in [0.05, 0.1) is 5.02 Å². The highest BCUT2D eigenvalue weighted by molar-refractivity contribution is 8.00. The Kier molecular flexibility index (Phi) is 3.13. The topological polar surface area (TPSA) is 38.1 Å². The predicted molar refractivity (Wildman–Crippen MR) is 57.4 cm³/mol. The van der Waals surface area contributed by atoms with Gasteiger partial charge in [-0.1, -0.05) is 16.8 Å². The summed E-state index contributed by atoms with van der Waals surface area (Å²) >= 11 is 6.90. The maximum atomic E-state index is 12.8. The van der Waals surface area contributed by atoms with Crippen molar-refractivity contribution in [2.45, 2.75) is 4.90 Å².